The van der Waals surface area contributed by atoms with Gasteiger partial charge in [-0.1, -0.05) is 6.07 Å². The number of rotatable bonds is 5. The molecule has 0 radical (unpaired) electrons. The van der Waals surface area contributed by atoms with E-state index >= 15 is 0 Å². The Balaban J connectivity index is 1.87. The Morgan fingerprint density at radius 2 is 2.14 bits per heavy atom. The first-order valence-corrected chi connectivity index (χ1v) is 7.07. The maximum atomic E-state index is 13.6. The highest BCUT2D eigenvalue weighted by Crippen LogP contribution is 2.30. The van der Waals surface area contributed by atoms with Gasteiger partial charge in [-0.3, -0.25) is 0 Å². The van der Waals surface area contributed by atoms with E-state index in [2.05, 4.69) is 5.32 Å². The van der Waals surface area contributed by atoms with E-state index in [9.17, 15) is 17.6 Å². The van der Waals surface area contributed by atoms with E-state index in [1.165, 1.54) is 0 Å². The van der Waals surface area contributed by atoms with Crippen molar-refractivity contribution < 1.29 is 22.3 Å². The van der Waals surface area contributed by atoms with Crippen LogP contribution >= 0.6 is 0 Å². The summed E-state index contributed by atoms with van der Waals surface area (Å²) in [6.07, 6.45) is -1.53. The van der Waals surface area contributed by atoms with Gasteiger partial charge in [0, 0.05) is 11.6 Å². The molecule has 1 aromatic carbocycles. The third-order valence-corrected chi connectivity index (χ3v) is 3.68. The Kier molecular flexibility index (Phi) is 5.22. The van der Waals surface area contributed by atoms with E-state index < -0.39 is 17.6 Å². The normalized spacial score (nSPS) is 20.7. The minimum Gasteiger partial charge on any atom is -0.374 e. The maximum Gasteiger partial charge on any atom is 0.416 e. The number of halogens is 4. The second-order valence-corrected chi connectivity index (χ2v) is 5.45. The van der Waals surface area contributed by atoms with Crippen molar-refractivity contribution in [3.05, 3.63) is 35.1 Å². The molecule has 118 valence electrons. The molecule has 6 heteroatoms. The number of hydrogen-bond acceptors (Lipinski definition) is 2. The predicted molar refractivity (Wildman–Crippen MR) is 71.3 cm³/mol. The predicted octanol–water partition coefficient (Wildman–Crippen LogP) is 3.89. The molecule has 0 bridgehead atoms. The van der Waals surface area contributed by atoms with Crippen LogP contribution < -0.4 is 5.32 Å². The van der Waals surface area contributed by atoms with Crippen LogP contribution in [0.15, 0.2) is 18.2 Å². The number of ether oxygens (including phenoxy) is 1. The first-order chi connectivity index (χ1) is 9.86. The summed E-state index contributed by atoms with van der Waals surface area (Å²) in [6.45, 7) is 2.88. The van der Waals surface area contributed by atoms with Crippen molar-refractivity contribution in [2.75, 3.05) is 6.54 Å². The molecule has 1 saturated heterocycles. The van der Waals surface area contributed by atoms with Gasteiger partial charge in [0.2, 0.25) is 0 Å². The van der Waals surface area contributed by atoms with Crippen molar-refractivity contribution in [3.63, 3.8) is 0 Å². The second kappa shape index (κ2) is 6.75. The summed E-state index contributed by atoms with van der Waals surface area (Å²) in [4.78, 5) is 0. The van der Waals surface area contributed by atoms with Gasteiger partial charge in [0.15, 0.2) is 0 Å². The third-order valence-electron chi connectivity index (χ3n) is 3.68. The van der Waals surface area contributed by atoms with Crippen LogP contribution in [0.3, 0.4) is 0 Å². The Hall–Kier alpha value is -1.14. The van der Waals surface area contributed by atoms with E-state index in [0.29, 0.717) is 12.1 Å². The second-order valence-electron chi connectivity index (χ2n) is 5.45. The van der Waals surface area contributed by atoms with Crippen molar-refractivity contribution in [3.8, 4) is 0 Å². The monoisotopic (exact) mass is 305 g/mol. The summed E-state index contributed by atoms with van der Waals surface area (Å²) in [5.74, 6) is -0.879. The van der Waals surface area contributed by atoms with Crippen LogP contribution in [0.4, 0.5) is 17.6 Å². The Morgan fingerprint density at radius 3 is 2.71 bits per heavy atom. The lowest BCUT2D eigenvalue weighted by Gasteiger charge is -2.18. The lowest BCUT2D eigenvalue weighted by Crippen LogP contribution is -2.26. The molecule has 2 atom stereocenters. The molecule has 0 saturated carbocycles. The third kappa shape index (κ3) is 4.68. The van der Waals surface area contributed by atoms with Gasteiger partial charge >= 0.3 is 6.18 Å². The summed E-state index contributed by atoms with van der Waals surface area (Å²) >= 11 is 0. The molecule has 1 aliphatic rings. The Bertz CT molecular complexity index is 469. The largest absolute Gasteiger partial charge is 0.416 e. The SMILES string of the molecule is C[C@H](C[C@H]1CCCN1)OCc1ccc(C(F)(F)F)cc1F. The van der Waals surface area contributed by atoms with E-state index in [4.69, 9.17) is 4.74 Å². The summed E-state index contributed by atoms with van der Waals surface area (Å²) in [5.41, 5.74) is -0.832. The van der Waals surface area contributed by atoms with Gasteiger partial charge in [0.25, 0.3) is 0 Å². The number of alkyl halides is 3. The minimum atomic E-state index is -4.53. The van der Waals surface area contributed by atoms with Crippen LogP contribution in [-0.2, 0) is 17.5 Å². The molecule has 1 aliphatic heterocycles. The zero-order valence-electron chi connectivity index (χ0n) is 11.8. The zero-order valence-corrected chi connectivity index (χ0v) is 11.8. The molecule has 1 aromatic rings. The minimum absolute atomic E-state index is 0.0160. The Morgan fingerprint density at radius 1 is 1.38 bits per heavy atom. The molecule has 1 N–H and O–H groups in total. The van der Waals surface area contributed by atoms with E-state index in [-0.39, 0.29) is 18.3 Å². The van der Waals surface area contributed by atoms with Crippen LogP contribution in [-0.4, -0.2) is 18.7 Å². The first kappa shape index (κ1) is 16.2. The van der Waals surface area contributed by atoms with Crippen LogP contribution in [0, 0.1) is 5.82 Å². The highest BCUT2D eigenvalue weighted by Gasteiger charge is 2.31. The van der Waals surface area contributed by atoms with Crippen molar-refractivity contribution in [1.82, 2.24) is 5.32 Å². The summed E-state index contributed by atoms with van der Waals surface area (Å²) < 4.78 is 56.5. The van der Waals surface area contributed by atoms with Gasteiger partial charge in [0.05, 0.1) is 18.3 Å². The molecule has 1 heterocycles. The van der Waals surface area contributed by atoms with Crippen molar-refractivity contribution in [2.45, 2.75) is 51.1 Å². The van der Waals surface area contributed by atoms with Gasteiger partial charge in [-0.2, -0.15) is 13.2 Å². The molecule has 0 amide bonds. The molecular weight excluding hydrogens is 286 g/mol. The van der Waals surface area contributed by atoms with Crippen LogP contribution in [0.25, 0.3) is 0 Å². The molecule has 0 spiro atoms. The maximum absolute atomic E-state index is 13.6. The smallest absolute Gasteiger partial charge is 0.374 e. The fourth-order valence-electron chi connectivity index (χ4n) is 2.50. The van der Waals surface area contributed by atoms with E-state index in [1.54, 1.807) is 0 Å². The topological polar surface area (TPSA) is 21.3 Å². The molecule has 21 heavy (non-hydrogen) atoms. The lowest BCUT2D eigenvalue weighted by atomic mass is 10.1. The molecule has 2 nitrogen and oxygen atoms in total. The molecule has 0 unspecified atom stereocenters. The average molecular weight is 305 g/mol. The highest BCUT2D eigenvalue weighted by molar-refractivity contribution is 5.25. The molecule has 1 fully saturated rings. The summed E-state index contributed by atoms with van der Waals surface area (Å²) in [5, 5.41) is 3.34. The zero-order chi connectivity index (χ0) is 15.5. The number of nitrogens with one attached hydrogen (secondary N) is 1. The first-order valence-electron chi connectivity index (χ1n) is 7.07. The van der Waals surface area contributed by atoms with E-state index in [0.717, 1.165) is 37.9 Å². The number of benzene rings is 1. The van der Waals surface area contributed by atoms with Crippen molar-refractivity contribution >= 4 is 0 Å². The average Bonchev–Trinajstić information content (AvgIpc) is 2.89. The number of hydrogen-bond donors (Lipinski definition) is 1. The van der Waals surface area contributed by atoms with Crippen molar-refractivity contribution in [1.29, 1.82) is 0 Å². The molecular formula is C15H19F4NO. The van der Waals surface area contributed by atoms with Gasteiger partial charge in [-0.15, -0.1) is 0 Å². The van der Waals surface area contributed by atoms with E-state index in [1.807, 2.05) is 6.92 Å². The van der Waals surface area contributed by atoms with Crippen molar-refractivity contribution in [2.24, 2.45) is 0 Å². The molecule has 2 rings (SSSR count). The van der Waals surface area contributed by atoms with Crippen LogP contribution in [0.1, 0.15) is 37.3 Å². The van der Waals surface area contributed by atoms with Gasteiger partial charge in [-0.25, -0.2) is 4.39 Å². The molecule has 0 aliphatic carbocycles. The Labute approximate surface area is 121 Å². The van der Waals surface area contributed by atoms with Gasteiger partial charge in [0.1, 0.15) is 5.82 Å². The van der Waals surface area contributed by atoms with Crippen LogP contribution in [0.5, 0.6) is 0 Å². The summed E-state index contributed by atoms with van der Waals surface area (Å²) in [6, 6.07) is 2.95. The van der Waals surface area contributed by atoms with Crippen LogP contribution in [0.2, 0.25) is 0 Å². The molecule has 0 aromatic heterocycles. The summed E-state index contributed by atoms with van der Waals surface area (Å²) in [7, 11) is 0. The highest BCUT2D eigenvalue weighted by atomic mass is 19.4. The van der Waals surface area contributed by atoms with Gasteiger partial charge < -0.3 is 10.1 Å². The fraction of sp³-hybridized carbons (Fsp3) is 0.600. The standard InChI is InChI=1S/C15H19F4NO/c1-10(7-13-3-2-6-20-13)21-9-11-4-5-12(8-14(11)16)15(17,18)19/h4-5,8,10,13,20H,2-3,6-7,9H2,1H3/t10-,13-/m1/s1. The lowest BCUT2D eigenvalue weighted by molar-refractivity contribution is -0.137. The quantitative estimate of drug-likeness (QED) is 0.833. The fourth-order valence-corrected chi connectivity index (χ4v) is 2.50. The van der Waals surface area contributed by atoms with Gasteiger partial charge in [-0.05, 0) is 44.9 Å².